The highest BCUT2D eigenvalue weighted by molar-refractivity contribution is 8.14. The Hall–Kier alpha value is -0.320. The zero-order chi connectivity index (χ0) is 20.6. The fourth-order valence-electron chi connectivity index (χ4n) is 2.27. The summed E-state index contributed by atoms with van der Waals surface area (Å²) in [4.78, 5) is 0. The third kappa shape index (κ3) is 9.15. The molecule has 4 N–H and O–H groups in total. The summed E-state index contributed by atoms with van der Waals surface area (Å²) in [5.41, 5.74) is -1.18. The average molecular weight is 451 g/mol. The van der Waals surface area contributed by atoms with E-state index in [0.717, 1.165) is 0 Å². The molecule has 160 valence electrons. The lowest BCUT2D eigenvalue weighted by Gasteiger charge is -2.39. The summed E-state index contributed by atoms with van der Waals surface area (Å²) in [5, 5.41) is 42.0. The third-order valence-electron chi connectivity index (χ3n) is 3.65. The molecule has 0 spiro atoms. The molecule has 1 aliphatic rings. The number of unbranched alkanes of at least 4 members (excludes halogenated alkanes) is 2. The van der Waals surface area contributed by atoms with Crippen molar-refractivity contribution in [2.24, 2.45) is 5.16 Å². The molecule has 1 saturated heterocycles. The molecular weight excluding hydrogens is 426 g/mol. The molecule has 0 aliphatic carbocycles. The molecule has 1 unspecified atom stereocenters. The van der Waals surface area contributed by atoms with Crippen molar-refractivity contribution in [2.75, 3.05) is 18.6 Å². The maximum atomic E-state index is 11.0. The Bertz CT molecular complexity index is 611. The van der Waals surface area contributed by atoms with Gasteiger partial charge in [0.05, 0.1) is 6.61 Å². The number of aliphatic hydroxyl groups is 4. The Morgan fingerprint density at radius 2 is 1.89 bits per heavy atom. The molecule has 27 heavy (non-hydrogen) atoms. The van der Waals surface area contributed by atoms with Crippen molar-refractivity contribution in [3.05, 3.63) is 0 Å². The van der Waals surface area contributed by atoms with Gasteiger partial charge in [-0.05, 0) is 19.3 Å². The Morgan fingerprint density at radius 1 is 1.22 bits per heavy atom. The molecule has 1 rings (SSSR count). The third-order valence-corrected chi connectivity index (χ3v) is 5.95. The number of oxime groups is 1. The Morgan fingerprint density at radius 3 is 2.44 bits per heavy atom. The van der Waals surface area contributed by atoms with E-state index >= 15 is 0 Å². The van der Waals surface area contributed by atoms with Gasteiger partial charge in [-0.15, -0.1) is 0 Å². The summed E-state index contributed by atoms with van der Waals surface area (Å²) < 4.78 is 52.1. The van der Waals surface area contributed by atoms with Gasteiger partial charge in [-0.1, -0.05) is 23.3 Å². The van der Waals surface area contributed by atoms with Crippen LogP contribution in [0.4, 0.5) is 0 Å². The van der Waals surface area contributed by atoms with Crippen LogP contribution < -0.4 is 0 Å². The van der Waals surface area contributed by atoms with Crippen molar-refractivity contribution in [3.8, 4) is 0 Å². The highest BCUT2D eigenvalue weighted by atomic mass is 32.3. The normalized spacial score (nSPS) is 30.9. The number of thioether (sulfide) groups is 1. The van der Waals surface area contributed by atoms with E-state index in [0.29, 0.717) is 36.8 Å². The van der Waals surface area contributed by atoms with Crippen LogP contribution in [0.25, 0.3) is 0 Å². The standard InChI is InChI=1S/C13H25NO10S3/c1-26(19)6-4-2-3-5-9(14-24-27(20,21)22)25-13-12(18)11(17)10(16)8(7-15)23-13/h8,10-13,15-18H,2-7H2,1H3,(H,20,21,22)/p-1/b14-9+/t8-,10-,11+,12-,13+,26?/m1/s1. The van der Waals surface area contributed by atoms with E-state index in [9.17, 15) is 37.6 Å². The van der Waals surface area contributed by atoms with Crippen LogP contribution in [-0.2, 0) is 30.2 Å². The Labute approximate surface area is 164 Å². The number of hydrogen-bond donors (Lipinski definition) is 4. The van der Waals surface area contributed by atoms with E-state index in [1.54, 1.807) is 6.26 Å². The fraction of sp³-hybridized carbons (Fsp3) is 0.923. The Kier molecular flexibility index (Phi) is 10.6. The lowest BCUT2D eigenvalue weighted by atomic mass is 10.0. The van der Waals surface area contributed by atoms with E-state index in [1.807, 2.05) is 0 Å². The largest absolute Gasteiger partial charge is 0.714 e. The van der Waals surface area contributed by atoms with Crippen LogP contribution >= 0.6 is 11.8 Å². The summed E-state index contributed by atoms with van der Waals surface area (Å²) in [5.74, 6) is 0.512. The van der Waals surface area contributed by atoms with Gasteiger partial charge in [-0.25, -0.2) is 0 Å². The molecule has 0 aromatic heterocycles. The Balaban J connectivity index is 2.75. The van der Waals surface area contributed by atoms with Crippen molar-refractivity contribution in [2.45, 2.75) is 55.5 Å². The first-order valence-corrected chi connectivity index (χ1v) is 12.0. The van der Waals surface area contributed by atoms with Gasteiger partial charge in [0.15, 0.2) is 0 Å². The van der Waals surface area contributed by atoms with E-state index < -0.39 is 57.7 Å². The molecule has 0 radical (unpaired) electrons. The first kappa shape index (κ1) is 24.7. The van der Waals surface area contributed by atoms with Crippen molar-refractivity contribution >= 4 is 38.0 Å². The highest BCUT2D eigenvalue weighted by Gasteiger charge is 2.44. The zero-order valence-corrected chi connectivity index (χ0v) is 17.0. The maximum Gasteiger partial charge on any atom is 0.284 e. The van der Waals surface area contributed by atoms with Gasteiger partial charge in [-0.2, -0.15) is 8.42 Å². The molecule has 1 fully saturated rings. The van der Waals surface area contributed by atoms with Crippen LogP contribution in [-0.4, -0.2) is 91.1 Å². The SMILES string of the molecule is CS(=O)CCCCC/C(=N\OS(=O)(=O)[O-])S[C@@H]1O[C@H](CO)[C@@H](O)[C@H](O)[C@H]1O. The van der Waals surface area contributed by atoms with Crippen LogP contribution in [0.15, 0.2) is 5.16 Å². The van der Waals surface area contributed by atoms with E-state index in [-0.39, 0.29) is 11.5 Å². The van der Waals surface area contributed by atoms with E-state index in [1.165, 1.54) is 0 Å². The monoisotopic (exact) mass is 450 g/mol. The molecule has 1 aliphatic heterocycles. The maximum absolute atomic E-state index is 11.0. The number of ether oxygens (including phenoxy) is 1. The second kappa shape index (κ2) is 11.6. The number of nitrogens with zero attached hydrogens (tertiary/aromatic N) is 1. The summed E-state index contributed by atoms with van der Waals surface area (Å²) in [6.07, 6.45) is -2.24. The number of rotatable bonds is 10. The number of hydrogen-bond acceptors (Lipinski definition) is 12. The van der Waals surface area contributed by atoms with Gasteiger partial charge in [-0.3, -0.25) is 8.49 Å². The molecule has 0 aromatic carbocycles. The molecule has 0 amide bonds. The molecule has 0 saturated carbocycles. The topological polar surface area (TPSA) is 186 Å². The minimum atomic E-state index is -5.08. The van der Waals surface area contributed by atoms with E-state index in [4.69, 9.17) is 4.74 Å². The summed E-state index contributed by atoms with van der Waals surface area (Å²) in [7, 11) is -6.01. The summed E-state index contributed by atoms with van der Waals surface area (Å²) in [6, 6.07) is 0. The fourth-order valence-corrected chi connectivity index (χ4v) is 4.22. The second-order valence-corrected chi connectivity index (χ2v) is 9.56. The molecule has 11 nitrogen and oxygen atoms in total. The van der Waals surface area contributed by atoms with Gasteiger partial charge in [0, 0.05) is 22.8 Å². The summed E-state index contributed by atoms with van der Waals surface area (Å²) in [6.45, 7) is -0.617. The van der Waals surface area contributed by atoms with Crippen molar-refractivity contribution in [1.82, 2.24) is 0 Å². The average Bonchev–Trinajstić information content (AvgIpc) is 2.58. The van der Waals surface area contributed by atoms with E-state index in [2.05, 4.69) is 9.44 Å². The van der Waals surface area contributed by atoms with Crippen LogP contribution in [0, 0.1) is 0 Å². The molecule has 14 heteroatoms. The molecule has 6 atom stereocenters. The minimum absolute atomic E-state index is 0.0105. The van der Waals surface area contributed by atoms with Gasteiger partial charge < -0.3 is 29.7 Å². The van der Waals surface area contributed by atoms with Crippen LogP contribution in [0.5, 0.6) is 0 Å². The van der Waals surface area contributed by atoms with Gasteiger partial charge in [0.1, 0.15) is 34.9 Å². The van der Waals surface area contributed by atoms with Crippen molar-refractivity contribution in [3.63, 3.8) is 0 Å². The molecule has 1 heterocycles. The van der Waals surface area contributed by atoms with Crippen LogP contribution in [0.2, 0.25) is 0 Å². The van der Waals surface area contributed by atoms with Gasteiger partial charge >= 0.3 is 0 Å². The predicted octanol–water partition coefficient (Wildman–Crippen LogP) is -1.75. The lowest BCUT2D eigenvalue weighted by Crippen LogP contribution is -2.57. The predicted molar refractivity (Wildman–Crippen MR) is 97.0 cm³/mol. The first-order valence-electron chi connectivity index (χ1n) is 8.03. The smallest absolute Gasteiger partial charge is 0.284 e. The first-order chi connectivity index (χ1) is 12.5. The second-order valence-electron chi connectivity index (χ2n) is 5.87. The van der Waals surface area contributed by atoms with Gasteiger partial charge in [0.25, 0.3) is 10.4 Å². The zero-order valence-electron chi connectivity index (χ0n) is 14.5. The summed E-state index contributed by atoms with van der Waals surface area (Å²) >= 11 is 0.711. The quantitative estimate of drug-likeness (QED) is 0.0738. The molecule has 0 aromatic rings. The van der Waals surface area contributed by atoms with Crippen molar-refractivity contribution in [1.29, 1.82) is 0 Å². The molecular formula is C13H24NO10S3-. The lowest BCUT2D eigenvalue weighted by molar-refractivity contribution is -0.205. The minimum Gasteiger partial charge on any atom is -0.714 e. The molecule has 0 bridgehead atoms. The van der Waals surface area contributed by atoms with Crippen LogP contribution in [0.1, 0.15) is 25.7 Å². The number of aliphatic hydroxyl groups excluding tert-OH is 4. The highest BCUT2D eigenvalue weighted by Crippen LogP contribution is 2.30. The van der Waals surface area contributed by atoms with Crippen LogP contribution in [0.3, 0.4) is 0 Å². The van der Waals surface area contributed by atoms with Crippen molar-refractivity contribution < 1.29 is 46.6 Å². The van der Waals surface area contributed by atoms with Gasteiger partial charge in [0.2, 0.25) is 0 Å².